The van der Waals surface area contributed by atoms with Gasteiger partial charge in [0.25, 0.3) is 0 Å². The second kappa shape index (κ2) is 5.32. The van der Waals surface area contributed by atoms with Crippen molar-refractivity contribution < 1.29 is 4.79 Å². The average molecular weight is 234 g/mol. The van der Waals surface area contributed by atoms with Crippen LogP contribution in [0.15, 0.2) is 24.3 Å². The van der Waals surface area contributed by atoms with Crippen LogP contribution in [0.5, 0.6) is 0 Å². The van der Waals surface area contributed by atoms with E-state index >= 15 is 0 Å². The first-order valence-corrected chi connectivity index (χ1v) is 6.00. The molecule has 1 rings (SSSR count). The van der Waals surface area contributed by atoms with Crippen molar-refractivity contribution in [1.29, 1.82) is 0 Å². The number of amides is 1. The van der Waals surface area contributed by atoms with E-state index in [0.717, 1.165) is 11.3 Å². The number of benzene rings is 1. The van der Waals surface area contributed by atoms with Gasteiger partial charge in [-0.05, 0) is 52.4 Å². The molecule has 0 spiro atoms. The Kier molecular flexibility index (Phi) is 4.29. The van der Waals surface area contributed by atoms with Gasteiger partial charge in [-0.2, -0.15) is 0 Å². The van der Waals surface area contributed by atoms with Crippen LogP contribution in [0.3, 0.4) is 0 Å². The first-order valence-electron chi connectivity index (χ1n) is 6.00. The topological polar surface area (TPSA) is 32.3 Å². The predicted molar refractivity (Wildman–Crippen MR) is 72.3 cm³/mol. The lowest BCUT2D eigenvalue weighted by molar-refractivity contribution is -0.123. The van der Waals surface area contributed by atoms with Gasteiger partial charge in [-0.25, -0.2) is 0 Å². The van der Waals surface area contributed by atoms with Gasteiger partial charge in [0, 0.05) is 12.2 Å². The van der Waals surface area contributed by atoms with E-state index in [1.807, 2.05) is 63.9 Å². The van der Waals surface area contributed by atoms with Gasteiger partial charge in [-0.15, -0.1) is 0 Å². The molecular formula is C14H22N2O. The highest BCUT2D eigenvalue weighted by Gasteiger charge is 2.30. The Hall–Kier alpha value is -1.35. The second-order valence-electron chi connectivity index (χ2n) is 4.76. The van der Waals surface area contributed by atoms with Crippen LogP contribution in [0.1, 0.15) is 26.3 Å². The maximum absolute atomic E-state index is 12.4. The summed E-state index contributed by atoms with van der Waals surface area (Å²) >= 11 is 0. The lowest BCUT2D eigenvalue weighted by Crippen LogP contribution is -2.53. The zero-order valence-corrected chi connectivity index (χ0v) is 11.4. The van der Waals surface area contributed by atoms with Crippen LogP contribution < -0.4 is 10.2 Å². The molecule has 0 aliphatic carbocycles. The van der Waals surface area contributed by atoms with Crippen molar-refractivity contribution in [3.63, 3.8) is 0 Å². The SMILES string of the molecule is CCN(C(=O)C(C)(C)NC)c1cccc(C)c1. The first kappa shape index (κ1) is 13.7. The zero-order valence-electron chi connectivity index (χ0n) is 11.4. The van der Waals surface area contributed by atoms with Gasteiger partial charge < -0.3 is 10.2 Å². The normalized spacial score (nSPS) is 11.4. The number of aryl methyl sites for hydroxylation is 1. The summed E-state index contributed by atoms with van der Waals surface area (Å²) in [5.41, 5.74) is 1.58. The highest BCUT2D eigenvalue weighted by atomic mass is 16.2. The molecule has 0 saturated carbocycles. The highest BCUT2D eigenvalue weighted by molar-refractivity contribution is 5.99. The Morgan fingerprint density at radius 1 is 1.41 bits per heavy atom. The van der Waals surface area contributed by atoms with Crippen molar-refractivity contribution >= 4 is 11.6 Å². The summed E-state index contributed by atoms with van der Waals surface area (Å²) in [6, 6.07) is 8.02. The van der Waals surface area contributed by atoms with Crippen molar-refractivity contribution in [1.82, 2.24) is 5.32 Å². The molecule has 1 amide bonds. The molecule has 17 heavy (non-hydrogen) atoms. The van der Waals surface area contributed by atoms with Crippen LogP contribution in [-0.2, 0) is 4.79 Å². The Bertz CT molecular complexity index is 399. The lowest BCUT2D eigenvalue weighted by atomic mass is 10.0. The molecule has 1 aromatic carbocycles. The number of carbonyl (C=O) groups excluding carboxylic acids is 1. The fourth-order valence-corrected chi connectivity index (χ4v) is 1.68. The molecule has 1 N–H and O–H groups in total. The number of rotatable bonds is 4. The largest absolute Gasteiger partial charge is 0.311 e. The molecule has 0 aromatic heterocycles. The van der Waals surface area contributed by atoms with Gasteiger partial charge in [0.1, 0.15) is 0 Å². The smallest absolute Gasteiger partial charge is 0.246 e. The Labute approximate surface area is 104 Å². The first-order chi connectivity index (χ1) is 7.92. The van der Waals surface area contributed by atoms with Crippen molar-refractivity contribution in [2.45, 2.75) is 33.2 Å². The van der Waals surface area contributed by atoms with E-state index in [1.54, 1.807) is 0 Å². The summed E-state index contributed by atoms with van der Waals surface area (Å²) in [6.45, 7) is 8.49. The average Bonchev–Trinajstić information content (AvgIpc) is 2.30. The molecule has 0 radical (unpaired) electrons. The predicted octanol–water partition coefficient (Wildman–Crippen LogP) is 2.35. The monoisotopic (exact) mass is 234 g/mol. The van der Waals surface area contributed by atoms with Crippen LogP contribution in [0.25, 0.3) is 0 Å². The lowest BCUT2D eigenvalue weighted by Gasteiger charge is -2.31. The molecule has 0 bridgehead atoms. The van der Waals surface area contributed by atoms with Gasteiger partial charge in [0.2, 0.25) is 5.91 Å². The molecule has 0 atom stereocenters. The highest BCUT2D eigenvalue weighted by Crippen LogP contribution is 2.19. The summed E-state index contributed by atoms with van der Waals surface area (Å²) in [7, 11) is 1.81. The molecule has 94 valence electrons. The van der Waals surface area contributed by atoms with E-state index in [2.05, 4.69) is 5.32 Å². The van der Waals surface area contributed by atoms with Gasteiger partial charge in [-0.3, -0.25) is 4.79 Å². The van der Waals surface area contributed by atoms with E-state index in [4.69, 9.17) is 0 Å². The van der Waals surface area contributed by atoms with E-state index in [0.29, 0.717) is 6.54 Å². The van der Waals surface area contributed by atoms with Crippen molar-refractivity contribution in [2.24, 2.45) is 0 Å². The minimum absolute atomic E-state index is 0.0908. The Morgan fingerprint density at radius 2 is 2.06 bits per heavy atom. The van der Waals surface area contributed by atoms with Crippen molar-refractivity contribution in [3.8, 4) is 0 Å². The fraction of sp³-hybridized carbons (Fsp3) is 0.500. The fourth-order valence-electron chi connectivity index (χ4n) is 1.68. The van der Waals surface area contributed by atoms with Crippen LogP contribution in [-0.4, -0.2) is 25.0 Å². The molecule has 0 saturated heterocycles. The molecule has 0 aliphatic rings. The quantitative estimate of drug-likeness (QED) is 0.867. The minimum atomic E-state index is -0.542. The van der Waals surface area contributed by atoms with Crippen LogP contribution in [0, 0.1) is 6.92 Å². The van der Waals surface area contributed by atoms with E-state index in [-0.39, 0.29) is 5.91 Å². The summed E-state index contributed by atoms with van der Waals surface area (Å²) in [6.07, 6.45) is 0. The number of hydrogen-bond acceptors (Lipinski definition) is 2. The number of likely N-dealkylation sites (N-methyl/N-ethyl adjacent to an activating group) is 2. The summed E-state index contributed by atoms with van der Waals surface area (Å²) in [5, 5.41) is 3.05. The maximum Gasteiger partial charge on any atom is 0.246 e. The third kappa shape index (κ3) is 3.07. The number of carbonyl (C=O) groups is 1. The van der Waals surface area contributed by atoms with Crippen molar-refractivity contribution in [2.75, 3.05) is 18.5 Å². The standard InChI is InChI=1S/C14H22N2O/c1-6-16(13(17)14(3,4)15-5)12-9-7-8-11(2)10-12/h7-10,15H,6H2,1-5H3. The molecule has 0 heterocycles. The van der Waals surface area contributed by atoms with Crippen LogP contribution >= 0.6 is 0 Å². The third-order valence-corrected chi connectivity index (χ3v) is 3.03. The molecule has 0 aliphatic heterocycles. The summed E-state index contributed by atoms with van der Waals surface area (Å²) in [4.78, 5) is 14.2. The van der Waals surface area contributed by atoms with E-state index in [9.17, 15) is 4.79 Å². The van der Waals surface area contributed by atoms with Crippen LogP contribution in [0.4, 0.5) is 5.69 Å². The van der Waals surface area contributed by atoms with Crippen molar-refractivity contribution in [3.05, 3.63) is 29.8 Å². The Morgan fingerprint density at radius 3 is 2.53 bits per heavy atom. The minimum Gasteiger partial charge on any atom is -0.311 e. The number of nitrogens with zero attached hydrogens (tertiary/aromatic N) is 1. The second-order valence-corrected chi connectivity index (χ2v) is 4.76. The summed E-state index contributed by atoms with van der Waals surface area (Å²) < 4.78 is 0. The molecule has 0 unspecified atom stereocenters. The number of anilines is 1. The molecular weight excluding hydrogens is 212 g/mol. The Balaban J connectivity index is 3.04. The molecule has 0 fully saturated rings. The number of nitrogens with one attached hydrogen (secondary N) is 1. The van der Waals surface area contributed by atoms with E-state index < -0.39 is 5.54 Å². The maximum atomic E-state index is 12.4. The molecule has 1 aromatic rings. The molecule has 3 heteroatoms. The van der Waals surface area contributed by atoms with Crippen LogP contribution in [0.2, 0.25) is 0 Å². The van der Waals surface area contributed by atoms with Gasteiger partial charge in [0.15, 0.2) is 0 Å². The van der Waals surface area contributed by atoms with Gasteiger partial charge >= 0.3 is 0 Å². The summed E-state index contributed by atoms with van der Waals surface area (Å²) in [5.74, 6) is 0.0908. The van der Waals surface area contributed by atoms with E-state index in [1.165, 1.54) is 0 Å². The van der Waals surface area contributed by atoms with Gasteiger partial charge in [-0.1, -0.05) is 12.1 Å². The zero-order chi connectivity index (χ0) is 13.1. The van der Waals surface area contributed by atoms with Gasteiger partial charge in [0.05, 0.1) is 5.54 Å². The third-order valence-electron chi connectivity index (χ3n) is 3.03. The number of hydrogen-bond donors (Lipinski definition) is 1. The molecule has 3 nitrogen and oxygen atoms in total.